The van der Waals surface area contributed by atoms with Crippen LogP contribution in [0.1, 0.15) is 97.2 Å². The third-order valence-electron chi connectivity index (χ3n) is 15.6. The summed E-state index contributed by atoms with van der Waals surface area (Å²) in [6.45, 7) is 11.1. The largest absolute Gasteiger partial charge is 0.480 e. The number of likely N-dealkylation sites (tertiary alicyclic amines) is 2. The molecule has 0 radical (unpaired) electrons. The lowest BCUT2D eigenvalue weighted by Crippen LogP contribution is -2.60. The second kappa shape index (κ2) is 27.8. The number of nitrogens with one attached hydrogen (secondary N) is 2. The first-order valence-electron chi connectivity index (χ1n) is 26.8. The molecule has 3 fully saturated rings. The zero-order chi connectivity index (χ0) is 55.2. The molecule has 1 aromatic heterocycles. The van der Waals surface area contributed by atoms with Crippen LogP contribution in [0.4, 0.5) is 0 Å². The predicted octanol–water partition coefficient (Wildman–Crippen LogP) is 2.38. The van der Waals surface area contributed by atoms with E-state index in [9.17, 15) is 43.5 Å². The van der Waals surface area contributed by atoms with Gasteiger partial charge in [-0.05, 0) is 55.4 Å². The van der Waals surface area contributed by atoms with Crippen molar-refractivity contribution in [3.05, 3.63) is 59.9 Å². The summed E-state index contributed by atoms with van der Waals surface area (Å²) in [5.74, 6) is -4.92. The van der Waals surface area contributed by atoms with Crippen molar-refractivity contribution >= 4 is 47.3 Å². The van der Waals surface area contributed by atoms with Gasteiger partial charge in [-0.25, -0.2) is 9.48 Å². The molecule has 11 atom stereocenters. The van der Waals surface area contributed by atoms with Crippen molar-refractivity contribution in [2.75, 3.05) is 54.2 Å². The maximum absolute atomic E-state index is 14.7. The lowest BCUT2D eigenvalue weighted by molar-refractivity contribution is -0.149. The van der Waals surface area contributed by atoms with Crippen LogP contribution in [-0.2, 0) is 76.8 Å². The Balaban J connectivity index is 1.00. The molecule has 0 unspecified atom stereocenters. The maximum atomic E-state index is 14.7. The minimum absolute atomic E-state index is 0.0304. The van der Waals surface area contributed by atoms with E-state index in [1.54, 1.807) is 63.8 Å². The Bertz CT molecular complexity index is 2350. The fourth-order valence-electron chi connectivity index (χ4n) is 11.4. The van der Waals surface area contributed by atoms with Crippen LogP contribution in [0.5, 0.6) is 0 Å². The molecular weight excluding hydrogens is 983 g/mol. The second-order valence-electron chi connectivity index (χ2n) is 20.9. The van der Waals surface area contributed by atoms with E-state index in [-0.39, 0.29) is 93.1 Å². The molecular formula is C54H79N9O13. The van der Waals surface area contributed by atoms with Gasteiger partial charge in [-0.3, -0.25) is 38.5 Å². The van der Waals surface area contributed by atoms with Crippen LogP contribution in [0, 0.1) is 23.7 Å². The lowest BCUT2D eigenvalue weighted by Gasteiger charge is -2.41. The summed E-state index contributed by atoms with van der Waals surface area (Å²) in [6, 6.07) is 5.05. The molecule has 0 spiro atoms. The van der Waals surface area contributed by atoms with Gasteiger partial charge in [0.2, 0.25) is 29.5 Å². The highest BCUT2D eigenvalue weighted by molar-refractivity contribution is 6.12. The number of hydrogen-bond donors (Lipinski definition) is 3. The number of imide groups is 1. The van der Waals surface area contributed by atoms with Crippen LogP contribution in [-0.4, -0.2) is 190 Å². The first-order valence-corrected chi connectivity index (χ1v) is 26.8. The number of nitrogens with zero attached hydrogens (tertiary/aromatic N) is 7. The van der Waals surface area contributed by atoms with Crippen LogP contribution in [0.25, 0.3) is 0 Å². The zero-order valence-electron chi connectivity index (χ0n) is 45.3. The van der Waals surface area contributed by atoms with Crippen LogP contribution < -0.4 is 10.6 Å². The number of carboxylic acids is 1. The average Bonchev–Trinajstić information content (AvgIpc) is 4.28. The zero-order valence-corrected chi connectivity index (χ0v) is 45.3. The molecule has 76 heavy (non-hydrogen) atoms. The summed E-state index contributed by atoms with van der Waals surface area (Å²) in [4.78, 5) is 113. The Kier molecular flexibility index (Phi) is 21.6. The van der Waals surface area contributed by atoms with Crippen molar-refractivity contribution < 1.29 is 62.4 Å². The number of carbonyl (C=O) groups is 8. The molecule has 3 aliphatic heterocycles. The number of benzene rings is 1. The Morgan fingerprint density at radius 1 is 0.882 bits per heavy atom. The van der Waals surface area contributed by atoms with E-state index in [2.05, 4.69) is 20.9 Å². The van der Waals surface area contributed by atoms with Gasteiger partial charge in [-0.1, -0.05) is 76.6 Å². The number of aliphatic carboxylic acids is 1. The van der Waals surface area contributed by atoms with Crippen molar-refractivity contribution in [3.8, 4) is 0 Å². The van der Waals surface area contributed by atoms with E-state index in [1.165, 1.54) is 26.4 Å². The maximum Gasteiger partial charge on any atom is 0.326 e. The van der Waals surface area contributed by atoms with Gasteiger partial charge >= 0.3 is 5.97 Å². The summed E-state index contributed by atoms with van der Waals surface area (Å²) in [6.07, 6.45) is 6.85. The first-order chi connectivity index (χ1) is 36.4. The average molecular weight is 1060 g/mol. The molecule has 2 bridgehead atoms. The van der Waals surface area contributed by atoms with E-state index >= 15 is 0 Å². The van der Waals surface area contributed by atoms with Crippen molar-refractivity contribution in [1.29, 1.82) is 0 Å². The number of rotatable bonds is 30. The van der Waals surface area contributed by atoms with Crippen molar-refractivity contribution in [2.45, 2.75) is 154 Å². The molecule has 2 aromatic rings. The number of amides is 7. The molecule has 1 aromatic carbocycles. The fourth-order valence-corrected chi connectivity index (χ4v) is 11.4. The summed E-state index contributed by atoms with van der Waals surface area (Å²) < 4.78 is 25.0. The molecule has 2 saturated heterocycles. The van der Waals surface area contributed by atoms with Crippen molar-refractivity contribution in [2.24, 2.45) is 23.7 Å². The monoisotopic (exact) mass is 1060 g/mol. The predicted molar refractivity (Wildman–Crippen MR) is 275 cm³/mol. The molecule has 7 amide bonds. The van der Waals surface area contributed by atoms with Crippen LogP contribution in [0.3, 0.4) is 0 Å². The smallest absolute Gasteiger partial charge is 0.326 e. The lowest BCUT2D eigenvalue weighted by atomic mass is 9.89. The van der Waals surface area contributed by atoms with Gasteiger partial charge < -0.3 is 49.4 Å². The van der Waals surface area contributed by atoms with Gasteiger partial charge in [0.1, 0.15) is 23.8 Å². The minimum atomic E-state index is -1.16. The third kappa shape index (κ3) is 14.7. The number of hydrogen-bond acceptors (Lipinski definition) is 14. The summed E-state index contributed by atoms with van der Waals surface area (Å²) in [5.41, 5.74) is 1.23. The molecule has 4 aliphatic rings. The van der Waals surface area contributed by atoms with Gasteiger partial charge in [0.15, 0.2) is 0 Å². The van der Waals surface area contributed by atoms with Gasteiger partial charge in [-0.2, -0.15) is 0 Å². The highest BCUT2D eigenvalue weighted by atomic mass is 16.5. The quantitative estimate of drug-likeness (QED) is 0.0750. The standard InChI is InChI=1S/C54H79N9O13/c1-9-34(4)48(42(73-7)30-46(67)61-22-13-16-41(61)50(74-8)35(5)51(68)55-40(54(71)72)28-36-14-11-10-12-15-36)59(6)53(70)47(33(2)3)56-52(69)49-37-17-18-39(29-37)63(49)45(66)21-24-75-26-27-76-25-23-60-31-38(57-58-60)32-62-43(64)19-20-44(62)65/h10-12,14-15,19-20,31,33-35,37,39-42,47-50H,9,13,16-18,21-30,32H2,1-8H3,(H,55,68)(H,56,69)(H,71,72)/t34-,35+,37-,39+,40-,41-,42+,47-,48-,49-,50+/m0/s1. The Hall–Kier alpha value is -6.10. The van der Waals surface area contributed by atoms with Gasteiger partial charge in [0.25, 0.3) is 11.8 Å². The van der Waals surface area contributed by atoms with Crippen molar-refractivity contribution in [1.82, 2.24) is 45.2 Å². The second-order valence-corrected chi connectivity index (χ2v) is 20.9. The Morgan fingerprint density at radius 3 is 2.22 bits per heavy atom. The third-order valence-corrected chi connectivity index (χ3v) is 15.6. The van der Waals surface area contributed by atoms with E-state index in [0.717, 1.165) is 23.3 Å². The van der Waals surface area contributed by atoms with Gasteiger partial charge in [0.05, 0.1) is 88.8 Å². The number of fused-ring (bicyclic) bond motifs is 2. The molecule has 4 heterocycles. The molecule has 418 valence electrons. The molecule has 6 rings (SSSR count). The van der Waals surface area contributed by atoms with Crippen LogP contribution >= 0.6 is 0 Å². The number of likely N-dealkylation sites (N-methyl/N-ethyl adjacent to an activating group) is 1. The van der Waals surface area contributed by atoms with Gasteiger partial charge in [-0.15, -0.1) is 5.10 Å². The van der Waals surface area contributed by atoms with Crippen LogP contribution in [0.2, 0.25) is 0 Å². The first kappa shape index (κ1) is 59.1. The number of methoxy groups -OCH3 is 2. The van der Waals surface area contributed by atoms with E-state index in [4.69, 9.17) is 18.9 Å². The molecule has 1 saturated carbocycles. The SMILES string of the molecule is CC[C@H](C)[C@@H]([C@@H](CC(=O)N1CCC[C@H]1[C@H](OC)[C@@H](C)C(=O)N[C@@H](Cc1ccccc1)C(=O)O)OC)N(C)C(=O)[C@@H](NC(=O)[C@@H]1[C@H]2CC[C@H](C2)N1C(=O)CCOCCOCCn1cc(CN2C(=O)C=CC2=O)nn1)C(C)C. The van der Waals surface area contributed by atoms with E-state index in [1.807, 2.05) is 33.8 Å². The normalized spacial score (nSPS) is 21.9. The summed E-state index contributed by atoms with van der Waals surface area (Å²) >= 11 is 0. The molecule has 3 N–H and O–H groups in total. The molecule has 22 heteroatoms. The number of ether oxygens (including phenoxy) is 4. The van der Waals surface area contributed by atoms with E-state index < -0.39 is 72.0 Å². The topological polar surface area (TPSA) is 261 Å². The molecule has 22 nitrogen and oxygen atoms in total. The summed E-state index contributed by atoms with van der Waals surface area (Å²) in [5, 5.41) is 23.8. The van der Waals surface area contributed by atoms with Gasteiger partial charge in [0, 0.05) is 52.4 Å². The fraction of sp³-hybridized carbons (Fsp3) is 0.667. The Labute approximate surface area is 445 Å². The number of aromatic nitrogens is 3. The highest BCUT2D eigenvalue weighted by Gasteiger charge is 2.52. The molecule has 1 aliphatic carbocycles. The number of carboxylic acid groups (broad SMARTS) is 1. The van der Waals surface area contributed by atoms with E-state index in [0.29, 0.717) is 51.1 Å². The van der Waals surface area contributed by atoms with Crippen LogP contribution in [0.15, 0.2) is 48.7 Å². The highest BCUT2D eigenvalue weighted by Crippen LogP contribution is 2.43. The van der Waals surface area contributed by atoms with Crippen molar-refractivity contribution in [3.63, 3.8) is 0 Å². The minimum Gasteiger partial charge on any atom is -0.480 e. The Morgan fingerprint density at radius 2 is 1.58 bits per heavy atom. The number of piperidine rings is 1. The number of carbonyl (C=O) groups excluding carboxylic acids is 7. The summed E-state index contributed by atoms with van der Waals surface area (Å²) in [7, 11) is 4.67.